The van der Waals surface area contributed by atoms with Gasteiger partial charge in [0.25, 0.3) is 0 Å². The van der Waals surface area contributed by atoms with Crippen LogP contribution in [-0.4, -0.2) is 23.2 Å². The van der Waals surface area contributed by atoms with Crippen molar-refractivity contribution in [3.63, 3.8) is 0 Å². The molecule has 0 unspecified atom stereocenters. The largest absolute Gasteiger partial charge is 0.389 e. The van der Waals surface area contributed by atoms with Gasteiger partial charge in [-0.3, -0.25) is 0 Å². The van der Waals surface area contributed by atoms with Crippen LogP contribution in [0.3, 0.4) is 0 Å². The van der Waals surface area contributed by atoms with Gasteiger partial charge in [-0.25, -0.2) is 4.98 Å². The van der Waals surface area contributed by atoms with Gasteiger partial charge in [0.2, 0.25) is 0 Å². The zero-order chi connectivity index (χ0) is 11.4. The standard InChI is InChI=1S/C13H20N2O/c1-11(16)12-6-7-14-13(10-12)15-8-4-2-3-5-9-15/h6-7,10-11,16H,2-5,8-9H2,1H3/t11-/m0/s1. The molecule has 1 fully saturated rings. The second kappa shape index (κ2) is 5.30. The minimum atomic E-state index is -0.409. The smallest absolute Gasteiger partial charge is 0.128 e. The topological polar surface area (TPSA) is 36.4 Å². The molecule has 1 saturated heterocycles. The Morgan fingerprint density at radius 1 is 1.25 bits per heavy atom. The van der Waals surface area contributed by atoms with Crippen molar-refractivity contribution in [2.45, 2.75) is 38.7 Å². The molecular weight excluding hydrogens is 200 g/mol. The number of anilines is 1. The van der Waals surface area contributed by atoms with Crippen LogP contribution in [0.4, 0.5) is 5.82 Å². The molecule has 1 aliphatic heterocycles. The predicted octanol–water partition coefficient (Wildman–Crippen LogP) is 2.52. The van der Waals surface area contributed by atoms with Gasteiger partial charge < -0.3 is 10.0 Å². The highest BCUT2D eigenvalue weighted by atomic mass is 16.3. The summed E-state index contributed by atoms with van der Waals surface area (Å²) in [5.41, 5.74) is 0.953. The highest BCUT2D eigenvalue weighted by Gasteiger charge is 2.12. The summed E-state index contributed by atoms with van der Waals surface area (Å²) in [6.45, 7) is 3.98. The molecule has 1 N–H and O–H groups in total. The third-order valence-corrected chi connectivity index (χ3v) is 3.18. The number of aromatic nitrogens is 1. The molecule has 88 valence electrons. The molecule has 0 spiro atoms. The lowest BCUT2D eigenvalue weighted by Crippen LogP contribution is -2.24. The van der Waals surface area contributed by atoms with Gasteiger partial charge in [-0.15, -0.1) is 0 Å². The number of rotatable bonds is 2. The Morgan fingerprint density at radius 3 is 2.56 bits per heavy atom. The van der Waals surface area contributed by atoms with Gasteiger partial charge in [0.15, 0.2) is 0 Å². The van der Waals surface area contributed by atoms with E-state index in [2.05, 4.69) is 9.88 Å². The van der Waals surface area contributed by atoms with Crippen LogP contribution >= 0.6 is 0 Å². The van der Waals surface area contributed by atoms with Crippen molar-refractivity contribution in [3.05, 3.63) is 23.9 Å². The maximum atomic E-state index is 9.56. The quantitative estimate of drug-likeness (QED) is 0.832. The molecule has 0 bridgehead atoms. The molecule has 0 saturated carbocycles. The predicted molar refractivity (Wildman–Crippen MR) is 65.6 cm³/mol. The average Bonchev–Trinajstić information content (AvgIpc) is 2.57. The highest BCUT2D eigenvalue weighted by Crippen LogP contribution is 2.20. The fourth-order valence-electron chi connectivity index (χ4n) is 2.17. The molecule has 2 heterocycles. The van der Waals surface area contributed by atoms with Crippen molar-refractivity contribution in [3.8, 4) is 0 Å². The lowest BCUT2D eigenvalue weighted by Gasteiger charge is -2.22. The maximum absolute atomic E-state index is 9.56. The zero-order valence-electron chi connectivity index (χ0n) is 9.89. The molecule has 1 atom stereocenters. The number of aliphatic hydroxyl groups is 1. The van der Waals surface area contributed by atoms with Crippen molar-refractivity contribution in [2.24, 2.45) is 0 Å². The number of pyridine rings is 1. The summed E-state index contributed by atoms with van der Waals surface area (Å²) in [6.07, 6.45) is 6.54. The summed E-state index contributed by atoms with van der Waals surface area (Å²) in [6, 6.07) is 3.89. The first-order valence-corrected chi connectivity index (χ1v) is 6.16. The zero-order valence-corrected chi connectivity index (χ0v) is 9.89. The molecule has 2 rings (SSSR count). The molecule has 0 radical (unpaired) electrons. The van der Waals surface area contributed by atoms with E-state index in [9.17, 15) is 5.11 Å². The summed E-state index contributed by atoms with van der Waals surface area (Å²) < 4.78 is 0. The molecule has 16 heavy (non-hydrogen) atoms. The van der Waals surface area contributed by atoms with Gasteiger partial charge in [0.05, 0.1) is 6.10 Å². The van der Waals surface area contributed by atoms with Gasteiger partial charge in [-0.1, -0.05) is 12.8 Å². The highest BCUT2D eigenvalue weighted by molar-refractivity contribution is 5.41. The first-order chi connectivity index (χ1) is 7.77. The Bertz CT molecular complexity index is 330. The van der Waals surface area contributed by atoms with Gasteiger partial charge in [-0.2, -0.15) is 0 Å². The van der Waals surface area contributed by atoms with E-state index in [0.29, 0.717) is 0 Å². The number of hydrogen-bond acceptors (Lipinski definition) is 3. The normalized spacial score (nSPS) is 19.2. The fourth-order valence-corrected chi connectivity index (χ4v) is 2.17. The first kappa shape index (κ1) is 11.4. The SMILES string of the molecule is C[C@H](O)c1ccnc(N2CCCCCC2)c1. The van der Waals surface area contributed by atoms with Crippen molar-refractivity contribution in [2.75, 3.05) is 18.0 Å². The molecule has 0 aromatic carbocycles. The second-order valence-electron chi connectivity index (χ2n) is 4.52. The van der Waals surface area contributed by atoms with Crippen LogP contribution in [0.5, 0.6) is 0 Å². The number of nitrogens with zero attached hydrogens (tertiary/aromatic N) is 2. The van der Waals surface area contributed by atoms with Crippen LogP contribution in [0.15, 0.2) is 18.3 Å². The Labute approximate surface area is 97.1 Å². The number of hydrogen-bond donors (Lipinski definition) is 1. The molecule has 0 amide bonds. The van der Waals surface area contributed by atoms with Crippen LogP contribution < -0.4 is 4.90 Å². The Morgan fingerprint density at radius 2 is 1.94 bits per heavy atom. The summed E-state index contributed by atoms with van der Waals surface area (Å²) in [4.78, 5) is 6.73. The van der Waals surface area contributed by atoms with E-state index < -0.39 is 6.10 Å². The minimum absolute atomic E-state index is 0.409. The van der Waals surface area contributed by atoms with Crippen molar-refractivity contribution >= 4 is 5.82 Å². The first-order valence-electron chi connectivity index (χ1n) is 6.16. The monoisotopic (exact) mass is 220 g/mol. The molecular formula is C13H20N2O. The van der Waals surface area contributed by atoms with Crippen LogP contribution in [0.25, 0.3) is 0 Å². The van der Waals surface area contributed by atoms with E-state index in [0.717, 1.165) is 24.5 Å². The Balaban J connectivity index is 2.15. The third kappa shape index (κ3) is 2.73. The second-order valence-corrected chi connectivity index (χ2v) is 4.52. The molecule has 3 heteroatoms. The average molecular weight is 220 g/mol. The minimum Gasteiger partial charge on any atom is -0.389 e. The van der Waals surface area contributed by atoms with E-state index in [4.69, 9.17) is 0 Å². The molecule has 1 aromatic heterocycles. The molecule has 0 aliphatic carbocycles. The van der Waals surface area contributed by atoms with Crippen LogP contribution in [-0.2, 0) is 0 Å². The van der Waals surface area contributed by atoms with Gasteiger partial charge in [-0.05, 0) is 37.5 Å². The van der Waals surface area contributed by atoms with E-state index in [1.807, 2.05) is 12.1 Å². The lowest BCUT2D eigenvalue weighted by molar-refractivity contribution is 0.199. The van der Waals surface area contributed by atoms with E-state index in [1.54, 1.807) is 13.1 Å². The maximum Gasteiger partial charge on any atom is 0.128 e. The van der Waals surface area contributed by atoms with E-state index in [-0.39, 0.29) is 0 Å². The molecule has 3 nitrogen and oxygen atoms in total. The van der Waals surface area contributed by atoms with Crippen molar-refractivity contribution < 1.29 is 5.11 Å². The Kier molecular flexibility index (Phi) is 3.78. The number of aliphatic hydroxyl groups excluding tert-OH is 1. The Hall–Kier alpha value is -1.09. The lowest BCUT2D eigenvalue weighted by atomic mass is 10.1. The summed E-state index contributed by atoms with van der Waals surface area (Å²) in [5, 5.41) is 9.56. The summed E-state index contributed by atoms with van der Waals surface area (Å²) >= 11 is 0. The van der Waals surface area contributed by atoms with Crippen molar-refractivity contribution in [1.29, 1.82) is 0 Å². The van der Waals surface area contributed by atoms with Crippen LogP contribution in [0.2, 0.25) is 0 Å². The molecule has 1 aromatic rings. The fraction of sp³-hybridized carbons (Fsp3) is 0.615. The summed E-state index contributed by atoms with van der Waals surface area (Å²) in [7, 11) is 0. The molecule has 1 aliphatic rings. The van der Waals surface area contributed by atoms with Crippen LogP contribution in [0, 0.1) is 0 Å². The van der Waals surface area contributed by atoms with E-state index in [1.165, 1.54) is 25.7 Å². The van der Waals surface area contributed by atoms with Gasteiger partial charge in [0.1, 0.15) is 5.82 Å². The van der Waals surface area contributed by atoms with Crippen LogP contribution in [0.1, 0.15) is 44.3 Å². The third-order valence-electron chi connectivity index (χ3n) is 3.18. The summed E-state index contributed by atoms with van der Waals surface area (Å²) in [5.74, 6) is 1.01. The van der Waals surface area contributed by atoms with Crippen molar-refractivity contribution in [1.82, 2.24) is 4.98 Å². The van der Waals surface area contributed by atoms with Gasteiger partial charge >= 0.3 is 0 Å². The van der Waals surface area contributed by atoms with Gasteiger partial charge in [0, 0.05) is 19.3 Å². The van der Waals surface area contributed by atoms with E-state index >= 15 is 0 Å².